The fraction of sp³-hybridized carbons (Fsp3) is 0.350. The molecule has 1 aromatic carbocycles. The number of carboxylic acid groups (broad SMARTS) is 1. The Labute approximate surface area is 170 Å². The van der Waals surface area contributed by atoms with Crippen molar-refractivity contribution in [2.75, 3.05) is 14.2 Å². The summed E-state index contributed by atoms with van der Waals surface area (Å²) < 4.78 is 11.8. The van der Waals surface area contributed by atoms with Crippen LogP contribution in [-0.4, -0.2) is 35.8 Å². The van der Waals surface area contributed by atoms with E-state index in [9.17, 15) is 19.5 Å². The third kappa shape index (κ3) is 3.11. The highest BCUT2D eigenvalue weighted by Gasteiger charge is 2.53. The van der Waals surface area contributed by atoms with Crippen LogP contribution >= 0.6 is 15.9 Å². The summed E-state index contributed by atoms with van der Waals surface area (Å²) in [6.45, 7) is 2.09. The number of carbonyl (C=O) groups excluding carboxylic acids is 1. The molecule has 1 aliphatic carbocycles. The Bertz CT molecular complexity index is 1010. The molecule has 0 bridgehead atoms. The number of hydrogen-bond donors (Lipinski definition) is 1. The maximum absolute atomic E-state index is 12.9. The Morgan fingerprint density at radius 1 is 1.18 bits per heavy atom. The number of rotatable bonds is 5. The summed E-state index contributed by atoms with van der Waals surface area (Å²) in [6, 6.07) is 7.35. The van der Waals surface area contributed by atoms with E-state index < -0.39 is 17.4 Å². The molecule has 1 aliphatic rings. The number of benzene rings is 1. The lowest BCUT2D eigenvalue weighted by molar-refractivity contribution is -0.166. The number of pyridine rings is 1. The summed E-state index contributed by atoms with van der Waals surface area (Å²) in [5.41, 5.74) is 0.808. The first-order valence-electron chi connectivity index (χ1n) is 8.60. The van der Waals surface area contributed by atoms with Gasteiger partial charge in [-0.1, -0.05) is 12.1 Å². The predicted molar refractivity (Wildman–Crippen MR) is 105 cm³/mol. The molecule has 28 heavy (non-hydrogen) atoms. The van der Waals surface area contributed by atoms with E-state index in [0.717, 1.165) is 5.56 Å². The summed E-state index contributed by atoms with van der Waals surface area (Å²) in [4.78, 5) is 37.1. The van der Waals surface area contributed by atoms with E-state index in [0.29, 0.717) is 29.1 Å². The van der Waals surface area contributed by atoms with Crippen molar-refractivity contribution in [3.63, 3.8) is 0 Å². The molecule has 7 nitrogen and oxygen atoms in total. The van der Waals surface area contributed by atoms with Crippen LogP contribution in [-0.2, 0) is 33.7 Å². The van der Waals surface area contributed by atoms with Gasteiger partial charge in [-0.05, 0) is 51.7 Å². The van der Waals surface area contributed by atoms with E-state index in [4.69, 9.17) is 9.47 Å². The van der Waals surface area contributed by atoms with Crippen molar-refractivity contribution in [2.45, 2.75) is 26.3 Å². The normalized spacial score (nSPS) is 17.9. The Hall–Kier alpha value is -2.61. The molecule has 1 atom stereocenters. The summed E-state index contributed by atoms with van der Waals surface area (Å²) in [5.74, 6) is -1.35. The van der Waals surface area contributed by atoms with Crippen LogP contribution in [0.4, 0.5) is 0 Å². The van der Waals surface area contributed by atoms with Crippen molar-refractivity contribution in [3.05, 3.63) is 61.5 Å². The monoisotopic (exact) mass is 449 g/mol. The maximum Gasteiger partial charge on any atom is 0.323 e. The quantitative estimate of drug-likeness (QED) is 0.555. The predicted octanol–water partition coefficient (Wildman–Crippen LogP) is 2.32. The van der Waals surface area contributed by atoms with Crippen LogP contribution in [0, 0.1) is 12.3 Å². The van der Waals surface area contributed by atoms with Crippen LogP contribution < -0.4 is 10.3 Å². The molecule has 148 valence electrons. The third-order valence-electron chi connectivity index (χ3n) is 5.35. The van der Waals surface area contributed by atoms with Crippen molar-refractivity contribution in [3.8, 4) is 5.75 Å². The standard InChI is InChI=1S/C20H20BrNO6/c1-11-14-8-20(18(24)25,19(26)28-3)9-15(14)16(21)17(23)22(11)10-12-4-6-13(27-2)7-5-12/h4-7H,8-10H2,1-3H3,(H,24,25). The average molecular weight is 450 g/mol. The van der Waals surface area contributed by atoms with Crippen molar-refractivity contribution in [1.82, 2.24) is 4.57 Å². The second kappa shape index (κ2) is 7.43. The number of esters is 1. The first-order chi connectivity index (χ1) is 13.2. The maximum atomic E-state index is 12.9. The first kappa shape index (κ1) is 20.1. The van der Waals surface area contributed by atoms with Crippen LogP contribution in [0.15, 0.2) is 33.5 Å². The summed E-state index contributed by atoms with van der Waals surface area (Å²) in [5, 5.41) is 9.73. The van der Waals surface area contributed by atoms with E-state index in [1.165, 1.54) is 7.11 Å². The molecule has 0 radical (unpaired) electrons. The number of carbonyl (C=O) groups is 2. The number of methoxy groups -OCH3 is 2. The number of hydrogen-bond acceptors (Lipinski definition) is 5. The molecule has 0 spiro atoms. The zero-order valence-electron chi connectivity index (χ0n) is 15.7. The summed E-state index contributed by atoms with van der Waals surface area (Å²) in [6.07, 6.45) is -0.0952. The van der Waals surface area contributed by atoms with Crippen molar-refractivity contribution in [1.29, 1.82) is 0 Å². The highest BCUT2D eigenvalue weighted by molar-refractivity contribution is 9.10. The molecule has 1 unspecified atom stereocenters. The van der Waals surface area contributed by atoms with E-state index in [2.05, 4.69) is 15.9 Å². The number of aromatic nitrogens is 1. The van der Waals surface area contributed by atoms with Gasteiger partial charge in [-0.15, -0.1) is 0 Å². The molecule has 0 saturated heterocycles. The van der Waals surface area contributed by atoms with Gasteiger partial charge in [0.25, 0.3) is 5.56 Å². The van der Waals surface area contributed by atoms with Gasteiger partial charge in [0.15, 0.2) is 5.41 Å². The van der Waals surface area contributed by atoms with Crippen molar-refractivity contribution >= 4 is 27.9 Å². The zero-order chi connectivity index (χ0) is 20.6. The Morgan fingerprint density at radius 2 is 1.79 bits per heavy atom. The lowest BCUT2D eigenvalue weighted by Gasteiger charge is -2.20. The van der Waals surface area contributed by atoms with Crippen LogP contribution in [0.1, 0.15) is 22.4 Å². The molecule has 0 saturated carbocycles. The molecule has 1 aromatic heterocycles. The molecule has 0 aliphatic heterocycles. The van der Waals surface area contributed by atoms with E-state index in [-0.39, 0.29) is 22.9 Å². The molecule has 0 fully saturated rings. The molecule has 3 rings (SSSR count). The van der Waals surface area contributed by atoms with Gasteiger partial charge in [0.05, 0.1) is 25.2 Å². The van der Waals surface area contributed by atoms with E-state index in [1.807, 2.05) is 24.3 Å². The minimum Gasteiger partial charge on any atom is -0.497 e. The number of ether oxygens (including phenoxy) is 2. The molecule has 0 amide bonds. The fourth-order valence-electron chi connectivity index (χ4n) is 3.68. The topological polar surface area (TPSA) is 94.8 Å². The van der Waals surface area contributed by atoms with Gasteiger partial charge in [0, 0.05) is 18.5 Å². The van der Waals surface area contributed by atoms with Crippen molar-refractivity contribution in [2.24, 2.45) is 5.41 Å². The minimum absolute atomic E-state index is 0.0162. The molecular weight excluding hydrogens is 430 g/mol. The lowest BCUT2D eigenvalue weighted by Crippen LogP contribution is -2.41. The highest BCUT2D eigenvalue weighted by atomic mass is 79.9. The molecule has 2 aromatic rings. The Balaban J connectivity index is 2.08. The number of halogens is 1. The number of carboxylic acids is 1. The SMILES string of the molecule is COC(=O)C1(C(=O)O)Cc2c(c(C)n(Cc3ccc(OC)cc3)c(=O)c2Br)C1. The largest absolute Gasteiger partial charge is 0.497 e. The average Bonchev–Trinajstić information content (AvgIpc) is 3.12. The van der Waals surface area contributed by atoms with Gasteiger partial charge >= 0.3 is 11.9 Å². The minimum atomic E-state index is -1.71. The molecule has 1 heterocycles. The van der Waals surface area contributed by atoms with E-state index >= 15 is 0 Å². The summed E-state index contributed by atoms with van der Waals surface area (Å²) >= 11 is 3.33. The lowest BCUT2D eigenvalue weighted by atomic mass is 9.85. The first-order valence-corrected chi connectivity index (χ1v) is 9.40. The number of aliphatic carboxylic acids is 1. The second-order valence-electron chi connectivity index (χ2n) is 6.83. The zero-order valence-corrected chi connectivity index (χ0v) is 17.3. The van der Waals surface area contributed by atoms with Gasteiger partial charge in [-0.25, -0.2) is 0 Å². The van der Waals surface area contributed by atoms with Gasteiger partial charge in [0.1, 0.15) is 5.75 Å². The molecular formula is C20H20BrNO6. The van der Waals surface area contributed by atoms with Crippen LogP contribution in [0.2, 0.25) is 0 Å². The van der Waals surface area contributed by atoms with Gasteiger partial charge in [-0.2, -0.15) is 0 Å². The smallest absolute Gasteiger partial charge is 0.323 e. The van der Waals surface area contributed by atoms with E-state index in [1.54, 1.807) is 18.6 Å². The third-order valence-corrected chi connectivity index (χ3v) is 6.16. The van der Waals surface area contributed by atoms with Gasteiger partial charge in [-0.3, -0.25) is 14.4 Å². The van der Waals surface area contributed by atoms with Gasteiger partial charge in [0.2, 0.25) is 0 Å². The Morgan fingerprint density at radius 3 is 2.32 bits per heavy atom. The molecule has 1 N–H and O–H groups in total. The van der Waals surface area contributed by atoms with Crippen LogP contribution in [0.25, 0.3) is 0 Å². The summed E-state index contributed by atoms with van der Waals surface area (Å²) in [7, 11) is 2.75. The number of fused-ring (bicyclic) bond motifs is 1. The number of nitrogens with zero attached hydrogens (tertiary/aromatic N) is 1. The van der Waals surface area contributed by atoms with Crippen LogP contribution in [0.3, 0.4) is 0 Å². The Kier molecular flexibility index (Phi) is 5.34. The fourth-order valence-corrected chi connectivity index (χ4v) is 4.27. The van der Waals surface area contributed by atoms with Gasteiger partial charge < -0.3 is 19.1 Å². The highest BCUT2D eigenvalue weighted by Crippen LogP contribution is 2.42. The molecule has 8 heteroatoms. The van der Waals surface area contributed by atoms with Crippen LogP contribution in [0.5, 0.6) is 5.75 Å². The second-order valence-corrected chi connectivity index (χ2v) is 7.62. The van der Waals surface area contributed by atoms with Crippen molar-refractivity contribution < 1.29 is 24.2 Å².